The van der Waals surface area contributed by atoms with Gasteiger partial charge in [0, 0.05) is 6.07 Å². The molecule has 1 atom stereocenters. The molecule has 0 radical (unpaired) electrons. The topological polar surface area (TPSA) is 56.2 Å². The highest BCUT2D eigenvalue weighted by Crippen LogP contribution is 2.29. The molecule has 1 aromatic carbocycles. The Labute approximate surface area is 122 Å². The molecule has 0 saturated carbocycles. The molecule has 1 aliphatic heterocycles. The fourth-order valence-electron chi connectivity index (χ4n) is 3.16. The molecule has 0 spiro atoms. The first-order chi connectivity index (χ1) is 10.3. The highest BCUT2D eigenvalue weighted by atomic mass is 16.5. The van der Waals surface area contributed by atoms with Crippen molar-refractivity contribution >= 4 is 5.91 Å². The molecule has 2 aliphatic rings. The van der Waals surface area contributed by atoms with Crippen LogP contribution >= 0.6 is 0 Å². The van der Waals surface area contributed by atoms with Crippen LogP contribution in [0, 0.1) is 0 Å². The molecule has 1 N–H and O–H groups in total. The van der Waals surface area contributed by atoms with Crippen LogP contribution in [0.1, 0.15) is 40.5 Å². The lowest BCUT2D eigenvalue weighted by atomic mass is 9.88. The summed E-state index contributed by atoms with van der Waals surface area (Å²) in [5, 5.41) is 7.40. The molecule has 5 nitrogen and oxygen atoms in total. The first-order valence-electron chi connectivity index (χ1n) is 7.40. The number of hydrogen-bond acceptors (Lipinski definition) is 3. The fourth-order valence-corrected chi connectivity index (χ4v) is 3.16. The Morgan fingerprint density at radius 2 is 2.29 bits per heavy atom. The van der Waals surface area contributed by atoms with Gasteiger partial charge in [0.2, 0.25) is 5.88 Å². The zero-order valence-corrected chi connectivity index (χ0v) is 11.7. The van der Waals surface area contributed by atoms with Crippen molar-refractivity contribution in [2.45, 2.75) is 31.8 Å². The van der Waals surface area contributed by atoms with Crippen molar-refractivity contribution in [3.05, 3.63) is 47.2 Å². The number of benzene rings is 1. The van der Waals surface area contributed by atoms with E-state index < -0.39 is 0 Å². The maximum absolute atomic E-state index is 12.4. The number of carbonyl (C=O) groups is 1. The Morgan fingerprint density at radius 1 is 1.38 bits per heavy atom. The van der Waals surface area contributed by atoms with Crippen LogP contribution in [0.4, 0.5) is 0 Å². The van der Waals surface area contributed by atoms with Crippen molar-refractivity contribution in [1.29, 1.82) is 0 Å². The van der Waals surface area contributed by atoms with Crippen LogP contribution in [0.5, 0.6) is 5.88 Å². The third-order valence-corrected chi connectivity index (χ3v) is 4.20. The molecule has 0 saturated heterocycles. The van der Waals surface area contributed by atoms with E-state index in [2.05, 4.69) is 28.6 Å². The summed E-state index contributed by atoms with van der Waals surface area (Å²) in [5.41, 5.74) is 3.01. The predicted molar refractivity (Wildman–Crippen MR) is 77.3 cm³/mol. The normalized spacial score (nSPS) is 19.5. The number of aromatic nitrogens is 2. The number of nitrogens with zero attached hydrogens (tertiary/aromatic N) is 2. The van der Waals surface area contributed by atoms with Gasteiger partial charge in [-0.25, -0.2) is 4.68 Å². The minimum Gasteiger partial charge on any atom is -0.476 e. The number of carbonyl (C=O) groups excluding carboxylic acids is 1. The Hall–Kier alpha value is -2.30. The van der Waals surface area contributed by atoms with E-state index in [9.17, 15) is 4.79 Å². The molecule has 4 rings (SSSR count). The minimum absolute atomic E-state index is 0.0832. The minimum atomic E-state index is -0.123. The second-order valence-electron chi connectivity index (χ2n) is 5.56. The molecule has 0 fully saturated rings. The van der Waals surface area contributed by atoms with Gasteiger partial charge in [-0.3, -0.25) is 4.79 Å². The van der Waals surface area contributed by atoms with Gasteiger partial charge >= 0.3 is 0 Å². The SMILES string of the molecule is O=C(NC1CCCc2ccccc21)c1cc2n(n1)CCO2. The number of aryl methyl sites for hydroxylation is 1. The average Bonchev–Trinajstić information content (AvgIpc) is 3.09. The Balaban J connectivity index is 1.54. The van der Waals surface area contributed by atoms with Gasteiger partial charge in [0.15, 0.2) is 5.69 Å². The third kappa shape index (κ3) is 2.18. The van der Waals surface area contributed by atoms with Crippen molar-refractivity contribution in [2.75, 3.05) is 6.61 Å². The number of nitrogens with one attached hydrogen (secondary N) is 1. The second kappa shape index (κ2) is 4.91. The highest BCUT2D eigenvalue weighted by molar-refractivity contribution is 5.92. The lowest BCUT2D eigenvalue weighted by Gasteiger charge is -2.26. The molecule has 108 valence electrons. The van der Waals surface area contributed by atoms with E-state index in [-0.39, 0.29) is 11.9 Å². The molecule has 1 aliphatic carbocycles. The monoisotopic (exact) mass is 283 g/mol. The van der Waals surface area contributed by atoms with E-state index in [0.717, 1.165) is 25.8 Å². The molecule has 21 heavy (non-hydrogen) atoms. The molecular formula is C16H17N3O2. The van der Waals surface area contributed by atoms with Crippen molar-refractivity contribution < 1.29 is 9.53 Å². The fraction of sp³-hybridized carbons (Fsp3) is 0.375. The standard InChI is InChI=1S/C16H17N3O2/c20-16(14-10-15-19(18-14)8-9-21-15)17-13-7-3-5-11-4-1-2-6-12(11)13/h1-2,4,6,10,13H,3,5,7-9H2,(H,17,20). The van der Waals surface area contributed by atoms with Crippen LogP contribution in [0.25, 0.3) is 0 Å². The summed E-state index contributed by atoms with van der Waals surface area (Å²) in [4.78, 5) is 12.4. The van der Waals surface area contributed by atoms with Gasteiger partial charge in [0.25, 0.3) is 5.91 Å². The molecule has 1 unspecified atom stereocenters. The quantitative estimate of drug-likeness (QED) is 0.918. The Morgan fingerprint density at radius 3 is 3.19 bits per heavy atom. The average molecular weight is 283 g/mol. The van der Waals surface area contributed by atoms with E-state index in [1.807, 2.05) is 6.07 Å². The third-order valence-electron chi connectivity index (χ3n) is 4.20. The predicted octanol–water partition coefficient (Wildman–Crippen LogP) is 2.08. The zero-order chi connectivity index (χ0) is 14.2. The number of rotatable bonds is 2. The van der Waals surface area contributed by atoms with Crippen LogP contribution < -0.4 is 10.1 Å². The van der Waals surface area contributed by atoms with Crippen molar-refractivity contribution in [1.82, 2.24) is 15.1 Å². The van der Waals surface area contributed by atoms with E-state index in [1.54, 1.807) is 10.7 Å². The van der Waals surface area contributed by atoms with Gasteiger partial charge in [-0.2, -0.15) is 5.10 Å². The van der Waals surface area contributed by atoms with Crippen LogP contribution in [0.3, 0.4) is 0 Å². The van der Waals surface area contributed by atoms with Gasteiger partial charge in [-0.05, 0) is 30.4 Å². The van der Waals surface area contributed by atoms with Gasteiger partial charge < -0.3 is 10.1 Å². The van der Waals surface area contributed by atoms with Crippen LogP contribution in [0.2, 0.25) is 0 Å². The summed E-state index contributed by atoms with van der Waals surface area (Å²) < 4.78 is 7.14. The maximum atomic E-state index is 12.4. The van der Waals surface area contributed by atoms with E-state index in [1.165, 1.54) is 11.1 Å². The summed E-state index contributed by atoms with van der Waals surface area (Å²) in [5.74, 6) is 0.561. The zero-order valence-electron chi connectivity index (χ0n) is 11.7. The van der Waals surface area contributed by atoms with Crippen molar-refractivity contribution in [3.63, 3.8) is 0 Å². The molecule has 2 heterocycles. The van der Waals surface area contributed by atoms with Gasteiger partial charge in [-0.1, -0.05) is 24.3 Å². The maximum Gasteiger partial charge on any atom is 0.272 e. The molecule has 2 aromatic rings. The van der Waals surface area contributed by atoms with Crippen LogP contribution in [0.15, 0.2) is 30.3 Å². The molecular weight excluding hydrogens is 266 g/mol. The lowest BCUT2D eigenvalue weighted by molar-refractivity contribution is 0.0926. The molecule has 5 heteroatoms. The summed E-state index contributed by atoms with van der Waals surface area (Å²) in [6.07, 6.45) is 3.17. The van der Waals surface area contributed by atoms with Crippen molar-refractivity contribution in [3.8, 4) is 5.88 Å². The summed E-state index contributed by atoms with van der Waals surface area (Å²) >= 11 is 0. The number of hydrogen-bond donors (Lipinski definition) is 1. The smallest absolute Gasteiger partial charge is 0.272 e. The number of ether oxygens (including phenoxy) is 1. The largest absolute Gasteiger partial charge is 0.476 e. The Kier molecular flexibility index (Phi) is 2.91. The lowest BCUT2D eigenvalue weighted by Crippen LogP contribution is -2.31. The van der Waals surface area contributed by atoms with Gasteiger partial charge in [-0.15, -0.1) is 0 Å². The number of fused-ring (bicyclic) bond motifs is 2. The molecule has 0 bridgehead atoms. The van der Waals surface area contributed by atoms with Gasteiger partial charge in [0.1, 0.15) is 6.61 Å². The first-order valence-corrected chi connectivity index (χ1v) is 7.40. The first kappa shape index (κ1) is 12.4. The van der Waals surface area contributed by atoms with E-state index >= 15 is 0 Å². The van der Waals surface area contributed by atoms with Crippen molar-refractivity contribution in [2.24, 2.45) is 0 Å². The molecule has 1 amide bonds. The molecule has 1 aromatic heterocycles. The summed E-state index contributed by atoms with van der Waals surface area (Å²) in [6, 6.07) is 10.1. The Bertz CT molecular complexity index is 671. The summed E-state index contributed by atoms with van der Waals surface area (Å²) in [6.45, 7) is 1.36. The van der Waals surface area contributed by atoms with E-state index in [0.29, 0.717) is 18.2 Å². The highest BCUT2D eigenvalue weighted by Gasteiger charge is 2.24. The van der Waals surface area contributed by atoms with Crippen LogP contribution in [-0.2, 0) is 13.0 Å². The number of amides is 1. The van der Waals surface area contributed by atoms with Gasteiger partial charge in [0.05, 0.1) is 12.6 Å². The summed E-state index contributed by atoms with van der Waals surface area (Å²) in [7, 11) is 0. The van der Waals surface area contributed by atoms with Crippen LogP contribution in [-0.4, -0.2) is 22.3 Å². The van der Waals surface area contributed by atoms with E-state index in [4.69, 9.17) is 4.74 Å². The second-order valence-corrected chi connectivity index (χ2v) is 5.56.